The van der Waals surface area contributed by atoms with E-state index in [1.807, 2.05) is 0 Å². The lowest BCUT2D eigenvalue weighted by atomic mass is 9.77. The average molecular weight is 515 g/mol. The number of amides is 2. The highest BCUT2D eigenvalue weighted by molar-refractivity contribution is 5.96. The molecule has 4 rings (SSSR count). The quantitative estimate of drug-likeness (QED) is 0.398. The summed E-state index contributed by atoms with van der Waals surface area (Å²) in [6.45, 7) is 1.26. The number of nitrogens with zero attached hydrogens (tertiary/aromatic N) is 1. The molecular formula is C27H31FN2O7. The van der Waals surface area contributed by atoms with Crippen LogP contribution in [0.25, 0.3) is 0 Å². The number of rotatable bonds is 9. The first-order chi connectivity index (χ1) is 17.8. The Hall–Kier alpha value is -3.47. The molecule has 0 bridgehead atoms. The summed E-state index contributed by atoms with van der Waals surface area (Å²) in [7, 11) is 1.45. The number of benzene rings is 2. The van der Waals surface area contributed by atoms with Gasteiger partial charge in [-0.1, -0.05) is 19.1 Å². The molecule has 0 saturated carbocycles. The predicted octanol–water partition coefficient (Wildman–Crippen LogP) is 1.39. The van der Waals surface area contributed by atoms with Gasteiger partial charge in [-0.25, -0.2) is 4.39 Å². The minimum Gasteiger partial charge on any atom is -0.493 e. The summed E-state index contributed by atoms with van der Waals surface area (Å²) < 4.78 is 25.1. The second-order valence-electron chi connectivity index (χ2n) is 9.02. The summed E-state index contributed by atoms with van der Waals surface area (Å²) in [4.78, 5) is 27.8. The van der Waals surface area contributed by atoms with Crippen molar-refractivity contribution in [3.63, 3.8) is 0 Å². The van der Waals surface area contributed by atoms with Crippen molar-refractivity contribution >= 4 is 11.8 Å². The van der Waals surface area contributed by atoms with E-state index in [1.54, 1.807) is 37.3 Å². The molecule has 0 aromatic heterocycles. The molecule has 1 aliphatic heterocycles. The van der Waals surface area contributed by atoms with Gasteiger partial charge in [0.25, 0.3) is 0 Å². The van der Waals surface area contributed by atoms with Crippen LogP contribution in [0.5, 0.6) is 11.5 Å². The van der Waals surface area contributed by atoms with Crippen LogP contribution in [0.1, 0.15) is 36.0 Å². The van der Waals surface area contributed by atoms with Crippen molar-refractivity contribution in [1.29, 1.82) is 0 Å². The number of halogens is 1. The topological polar surface area (TPSA) is 129 Å². The van der Waals surface area contributed by atoms with Crippen molar-refractivity contribution in [2.45, 2.75) is 50.7 Å². The van der Waals surface area contributed by atoms with Gasteiger partial charge < -0.3 is 35.0 Å². The third kappa shape index (κ3) is 5.18. The fraction of sp³-hybridized carbons (Fsp3) is 0.407. The summed E-state index contributed by atoms with van der Waals surface area (Å²) >= 11 is 0. The highest BCUT2D eigenvalue weighted by atomic mass is 19.1. The lowest BCUT2D eigenvalue weighted by Gasteiger charge is -2.40. The summed E-state index contributed by atoms with van der Waals surface area (Å²) in [6, 6.07) is 8.11. The van der Waals surface area contributed by atoms with E-state index in [0.717, 1.165) is 0 Å². The van der Waals surface area contributed by atoms with Crippen molar-refractivity contribution in [1.82, 2.24) is 10.2 Å². The Morgan fingerprint density at radius 3 is 2.51 bits per heavy atom. The number of ether oxygens (including phenoxy) is 2. The number of nitrogens with one attached hydrogen (secondary N) is 1. The predicted molar refractivity (Wildman–Crippen MR) is 131 cm³/mol. The molecule has 0 saturated heterocycles. The minimum atomic E-state index is -1.22. The van der Waals surface area contributed by atoms with E-state index in [-0.39, 0.29) is 44.2 Å². The Balaban J connectivity index is 1.80. The Morgan fingerprint density at radius 2 is 1.89 bits per heavy atom. The molecule has 2 aromatic carbocycles. The van der Waals surface area contributed by atoms with Gasteiger partial charge in [0.05, 0.1) is 32.3 Å². The second-order valence-corrected chi connectivity index (χ2v) is 9.02. The third-order valence-electron chi connectivity index (χ3n) is 6.74. The number of fused-ring (bicyclic) bond motifs is 3. The standard InChI is InChI=1S/C27H31FN2O7/c1-3-22(33)30(13-15-4-6-17(28)7-5-15)20-12-19(27(35)29-8-9-31)23-18-10-16(14-32)11-21(36-2)25(18)37-26(23)24(20)34/h4-7,10-12,20,23-24,26,31-32,34H,3,8-9,13-14H2,1-2H3,(H,29,35)/t20-,23+,24+,26+/m1/s1. The van der Waals surface area contributed by atoms with Crippen LogP contribution in [0.15, 0.2) is 48.0 Å². The van der Waals surface area contributed by atoms with Crippen molar-refractivity contribution in [2.24, 2.45) is 0 Å². The highest BCUT2D eigenvalue weighted by Gasteiger charge is 2.51. The van der Waals surface area contributed by atoms with Crippen LogP contribution in [0.3, 0.4) is 0 Å². The third-order valence-corrected chi connectivity index (χ3v) is 6.74. The number of aliphatic hydroxyl groups is 3. The molecule has 0 fully saturated rings. The number of hydrogen-bond donors (Lipinski definition) is 4. The normalized spacial score (nSPS) is 21.8. The maximum atomic E-state index is 13.5. The maximum absolute atomic E-state index is 13.5. The van der Waals surface area contributed by atoms with E-state index in [0.29, 0.717) is 28.2 Å². The number of carbonyl (C=O) groups is 2. The molecule has 37 heavy (non-hydrogen) atoms. The summed E-state index contributed by atoms with van der Waals surface area (Å²) in [6.07, 6.45) is -0.438. The number of hydrogen-bond acceptors (Lipinski definition) is 7. The zero-order valence-electron chi connectivity index (χ0n) is 20.7. The number of aliphatic hydroxyl groups excluding tert-OH is 3. The van der Waals surface area contributed by atoms with Gasteiger partial charge in [-0.05, 0) is 41.5 Å². The largest absolute Gasteiger partial charge is 0.493 e. The molecule has 0 radical (unpaired) electrons. The van der Waals surface area contributed by atoms with Gasteiger partial charge in [0.2, 0.25) is 11.8 Å². The molecule has 9 nitrogen and oxygen atoms in total. The fourth-order valence-corrected chi connectivity index (χ4v) is 4.97. The molecule has 1 aliphatic carbocycles. The van der Waals surface area contributed by atoms with Gasteiger partial charge in [0.1, 0.15) is 18.0 Å². The highest BCUT2D eigenvalue weighted by Crippen LogP contribution is 2.51. The SMILES string of the molecule is CCC(=O)N(Cc1ccc(F)cc1)[C@@H]1C=C(C(=O)NCCO)[C@@H]2c3cc(CO)cc(OC)c3O[C@@H]2[C@H]1O. The molecular weight excluding hydrogens is 483 g/mol. The smallest absolute Gasteiger partial charge is 0.247 e. The van der Waals surface area contributed by atoms with Crippen molar-refractivity contribution in [3.05, 3.63) is 70.6 Å². The fourth-order valence-electron chi connectivity index (χ4n) is 4.97. The molecule has 198 valence electrons. The Labute approximate surface area is 214 Å². The van der Waals surface area contributed by atoms with Gasteiger partial charge in [-0.15, -0.1) is 0 Å². The van der Waals surface area contributed by atoms with Crippen LogP contribution in [0, 0.1) is 5.82 Å². The van der Waals surface area contributed by atoms with Crippen molar-refractivity contribution in [3.8, 4) is 11.5 Å². The first-order valence-electron chi connectivity index (χ1n) is 12.1. The number of methoxy groups -OCH3 is 1. The van der Waals surface area contributed by atoms with E-state index in [1.165, 1.54) is 24.1 Å². The van der Waals surface area contributed by atoms with Gasteiger partial charge in [-0.3, -0.25) is 9.59 Å². The van der Waals surface area contributed by atoms with Gasteiger partial charge in [0, 0.05) is 30.6 Å². The average Bonchev–Trinajstić information content (AvgIpc) is 3.31. The Kier molecular flexibility index (Phi) is 8.11. The van der Waals surface area contributed by atoms with Crippen LogP contribution in [-0.4, -0.2) is 70.5 Å². The first-order valence-corrected chi connectivity index (χ1v) is 12.1. The van der Waals surface area contributed by atoms with E-state index in [2.05, 4.69) is 5.32 Å². The van der Waals surface area contributed by atoms with Gasteiger partial charge in [-0.2, -0.15) is 0 Å². The van der Waals surface area contributed by atoms with Gasteiger partial charge in [0.15, 0.2) is 11.5 Å². The van der Waals surface area contributed by atoms with Crippen LogP contribution < -0.4 is 14.8 Å². The van der Waals surface area contributed by atoms with Crippen LogP contribution in [0.4, 0.5) is 4.39 Å². The molecule has 2 aliphatic rings. The lowest BCUT2D eigenvalue weighted by molar-refractivity contribution is -0.137. The Morgan fingerprint density at radius 1 is 1.16 bits per heavy atom. The second kappa shape index (κ2) is 11.3. The minimum absolute atomic E-state index is 0.0156. The zero-order valence-corrected chi connectivity index (χ0v) is 20.7. The van der Waals surface area contributed by atoms with Crippen LogP contribution in [-0.2, 0) is 22.7 Å². The molecule has 1 heterocycles. The lowest BCUT2D eigenvalue weighted by Crippen LogP contribution is -2.55. The van der Waals surface area contributed by atoms with Crippen molar-refractivity contribution in [2.75, 3.05) is 20.3 Å². The summed E-state index contributed by atoms with van der Waals surface area (Å²) in [5.41, 5.74) is 2.04. The Bertz CT molecular complexity index is 1180. The van der Waals surface area contributed by atoms with Gasteiger partial charge >= 0.3 is 0 Å². The zero-order chi connectivity index (χ0) is 26.7. The van der Waals surface area contributed by atoms with E-state index in [4.69, 9.17) is 9.47 Å². The van der Waals surface area contributed by atoms with E-state index in [9.17, 15) is 29.3 Å². The van der Waals surface area contributed by atoms with E-state index < -0.39 is 35.9 Å². The molecule has 10 heteroatoms. The molecule has 4 N–H and O–H groups in total. The van der Waals surface area contributed by atoms with Crippen LogP contribution >= 0.6 is 0 Å². The summed E-state index contributed by atoms with van der Waals surface area (Å²) in [5.74, 6) is -1.16. The van der Waals surface area contributed by atoms with Crippen LogP contribution in [0.2, 0.25) is 0 Å². The molecule has 4 atom stereocenters. The molecule has 2 aromatic rings. The molecule has 0 spiro atoms. The van der Waals surface area contributed by atoms with Crippen molar-refractivity contribution < 1.29 is 38.8 Å². The molecule has 0 unspecified atom stereocenters. The first kappa shape index (κ1) is 26.6. The molecule has 2 amide bonds. The maximum Gasteiger partial charge on any atom is 0.247 e. The van der Waals surface area contributed by atoms with E-state index >= 15 is 0 Å². The summed E-state index contributed by atoms with van der Waals surface area (Å²) in [5, 5.41) is 33.2. The monoisotopic (exact) mass is 514 g/mol. The number of carbonyl (C=O) groups excluding carboxylic acids is 2.